The van der Waals surface area contributed by atoms with E-state index < -0.39 is 0 Å². The van der Waals surface area contributed by atoms with E-state index in [1.807, 2.05) is 30.3 Å². The zero-order valence-electron chi connectivity index (χ0n) is 11.8. The maximum Gasteiger partial charge on any atom is 0.223 e. The molecule has 1 heterocycles. The van der Waals surface area contributed by atoms with Crippen LogP contribution in [0.4, 0.5) is 5.69 Å². The van der Waals surface area contributed by atoms with Gasteiger partial charge in [-0.25, -0.2) is 10.1 Å². The number of rotatable bonds is 4. The lowest BCUT2D eigenvalue weighted by Gasteiger charge is -2.17. The number of hydrogen-bond acceptors (Lipinski definition) is 2. The Morgan fingerprint density at radius 1 is 1.05 bits per heavy atom. The van der Waals surface area contributed by atoms with Crippen molar-refractivity contribution in [3.05, 3.63) is 64.1 Å². The summed E-state index contributed by atoms with van der Waals surface area (Å²) < 4.78 is 0. The lowest BCUT2D eigenvalue weighted by atomic mass is 10.2. The van der Waals surface area contributed by atoms with Crippen LogP contribution in [0, 0.1) is 0 Å². The van der Waals surface area contributed by atoms with E-state index in [4.69, 9.17) is 28.0 Å². The molecule has 1 saturated heterocycles. The Morgan fingerprint density at radius 2 is 1.77 bits per heavy atom. The summed E-state index contributed by atoms with van der Waals surface area (Å²) >= 11 is 12.3. The number of hydroxylamine groups is 2. The van der Waals surface area contributed by atoms with E-state index in [0.29, 0.717) is 34.8 Å². The van der Waals surface area contributed by atoms with Crippen LogP contribution in [-0.2, 0) is 11.4 Å². The van der Waals surface area contributed by atoms with Crippen LogP contribution in [0.5, 0.6) is 0 Å². The molecule has 0 bridgehead atoms. The Labute approximate surface area is 139 Å². The molecule has 0 atom stereocenters. The molecule has 0 saturated carbocycles. The summed E-state index contributed by atoms with van der Waals surface area (Å²) in [6.45, 7) is 1.96. The highest BCUT2D eigenvalue weighted by Crippen LogP contribution is 2.33. The summed E-state index contributed by atoms with van der Waals surface area (Å²) in [5, 5.41) is 5.93. The molecular formula is C16H15Cl2N3O. The highest BCUT2D eigenvalue weighted by molar-refractivity contribution is 6.38. The van der Waals surface area contributed by atoms with Gasteiger partial charge in [-0.05, 0) is 17.7 Å². The van der Waals surface area contributed by atoms with Gasteiger partial charge in [0, 0.05) is 6.54 Å². The molecule has 2 aromatic carbocycles. The molecular weight excluding hydrogens is 321 g/mol. The van der Waals surface area contributed by atoms with Gasteiger partial charge in [-0.3, -0.25) is 4.84 Å². The predicted molar refractivity (Wildman–Crippen MR) is 89.5 cm³/mol. The average Bonchev–Trinajstić information content (AvgIpc) is 2.97. The maximum atomic E-state index is 6.15. The number of nitrogens with one attached hydrogen (secondary N) is 1. The molecule has 0 spiro atoms. The molecule has 0 unspecified atom stereocenters. The van der Waals surface area contributed by atoms with Gasteiger partial charge in [-0.2, -0.15) is 0 Å². The standard InChI is InChI=1S/C16H15Cl2N3O/c17-13-7-4-8-14(18)15(13)20-16-19-9-10-21(16)22-11-12-5-2-1-3-6-12/h1-8H,9-11H2,(H,19,20). The summed E-state index contributed by atoms with van der Waals surface area (Å²) in [5.41, 5.74) is 1.65. The maximum absolute atomic E-state index is 6.15. The Balaban J connectivity index is 1.74. The molecule has 1 aliphatic rings. The van der Waals surface area contributed by atoms with Crippen molar-refractivity contribution in [2.75, 3.05) is 13.1 Å². The highest BCUT2D eigenvalue weighted by Gasteiger charge is 2.20. The zero-order chi connectivity index (χ0) is 15.4. The summed E-state index contributed by atoms with van der Waals surface area (Å²) in [6, 6.07) is 15.3. The summed E-state index contributed by atoms with van der Waals surface area (Å²) in [4.78, 5) is 10.3. The number of aliphatic imine (C=N–C) groups is 1. The van der Waals surface area contributed by atoms with E-state index in [1.165, 1.54) is 0 Å². The van der Waals surface area contributed by atoms with E-state index in [0.717, 1.165) is 12.1 Å². The van der Waals surface area contributed by atoms with Gasteiger partial charge in [0.15, 0.2) is 0 Å². The Bertz CT molecular complexity index is 656. The van der Waals surface area contributed by atoms with Gasteiger partial charge in [0.05, 0.1) is 16.6 Å². The second-order valence-corrected chi connectivity index (χ2v) is 5.61. The van der Waals surface area contributed by atoms with Crippen LogP contribution in [0.15, 0.2) is 53.5 Å². The van der Waals surface area contributed by atoms with Crippen LogP contribution in [0.25, 0.3) is 0 Å². The molecule has 0 aliphatic carbocycles. The molecule has 1 fully saturated rings. The van der Waals surface area contributed by atoms with E-state index in [9.17, 15) is 0 Å². The first kappa shape index (κ1) is 15.2. The van der Waals surface area contributed by atoms with Gasteiger partial charge in [0.25, 0.3) is 0 Å². The lowest BCUT2D eigenvalue weighted by molar-refractivity contribution is -0.102. The van der Waals surface area contributed by atoms with Gasteiger partial charge in [-0.1, -0.05) is 59.6 Å². The second kappa shape index (κ2) is 7.01. The average molecular weight is 336 g/mol. The molecule has 4 nitrogen and oxygen atoms in total. The second-order valence-electron chi connectivity index (χ2n) is 4.79. The highest BCUT2D eigenvalue weighted by atomic mass is 35.5. The van der Waals surface area contributed by atoms with Crippen LogP contribution >= 0.6 is 23.2 Å². The quantitative estimate of drug-likeness (QED) is 0.916. The minimum absolute atomic E-state index is 0.484. The van der Waals surface area contributed by atoms with Crippen molar-refractivity contribution in [3.8, 4) is 0 Å². The third-order valence-electron chi connectivity index (χ3n) is 3.22. The van der Waals surface area contributed by atoms with Gasteiger partial charge >= 0.3 is 0 Å². The fourth-order valence-corrected chi connectivity index (χ4v) is 2.59. The van der Waals surface area contributed by atoms with Gasteiger partial charge in [0.1, 0.15) is 12.3 Å². The molecule has 6 heteroatoms. The zero-order valence-corrected chi connectivity index (χ0v) is 13.3. The van der Waals surface area contributed by atoms with Gasteiger partial charge in [0.2, 0.25) is 5.96 Å². The first-order chi connectivity index (χ1) is 10.7. The van der Waals surface area contributed by atoms with Crippen molar-refractivity contribution in [1.29, 1.82) is 0 Å². The molecule has 1 N–H and O–H groups in total. The van der Waals surface area contributed by atoms with Crippen molar-refractivity contribution in [2.24, 2.45) is 4.99 Å². The van der Waals surface area contributed by atoms with E-state index in [2.05, 4.69) is 10.3 Å². The molecule has 2 aromatic rings. The summed E-state index contributed by atoms with van der Waals surface area (Å²) in [7, 11) is 0. The van der Waals surface area contributed by atoms with Crippen LogP contribution in [0.3, 0.4) is 0 Å². The Morgan fingerprint density at radius 3 is 2.50 bits per heavy atom. The van der Waals surface area contributed by atoms with Gasteiger partial charge < -0.3 is 5.32 Å². The number of para-hydroxylation sites is 1. The van der Waals surface area contributed by atoms with Crippen LogP contribution in [0.1, 0.15) is 5.56 Å². The molecule has 22 heavy (non-hydrogen) atoms. The van der Waals surface area contributed by atoms with E-state index in [-0.39, 0.29) is 0 Å². The van der Waals surface area contributed by atoms with Gasteiger partial charge in [-0.15, -0.1) is 0 Å². The van der Waals surface area contributed by atoms with E-state index in [1.54, 1.807) is 23.3 Å². The normalized spacial score (nSPS) is 16.1. The SMILES string of the molecule is Clc1cccc(Cl)c1N=C1NCCN1OCc1ccccc1. The molecule has 0 aromatic heterocycles. The Kier molecular flexibility index (Phi) is 4.83. The van der Waals surface area contributed by atoms with Crippen molar-refractivity contribution >= 4 is 34.8 Å². The smallest absolute Gasteiger partial charge is 0.223 e. The number of benzene rings is 2. The van der Waals surface area contributed by atoms with Crippen LogP contribution in [0.2, 0.25) is 10.0 Å². The summed E-state index contributed by atoms with van der Waals surface area (Å²) in [6.07, 6.45) is 0. The molecule has 3 rings (SSSR count). The minimum atomic E-state index is 0.484. The predicted octanol–water partition coefficient (Wildman–Crippen LogP) is 4.02. The lowest BCUT2D eigenvalue weighted by Crippen LogP contribution is -2.30. The fourth-order valence-electron chi connectivity index (χ4n) is 2.11. The topological polar surface area (TPSA) is 36.9 Å². The molecule has 1 aliphatic heterocycles. The number of hydrogen-bond donors (Lipinski definition) is 1. The summed E-state index contributed by atoms with van der Waals surface area (Å²) in [5.74, 6) is 0.617. The molecule has 0 radical (unpaired) electrons. The number of halogens is 2. The molecule has 114 valence electrons. The third-order valence-corrected chi connectivity index (χ3v) is 3.83. The molecule has 0 amide bonds. The van der Waals surface area contributed by atoms with E-state index >= 15 is 0 Å². The third kappa shape index (κ3) is 3.53. The number of nitrogens with zero attached hydrogens (tertiary/aromatic N) is 2. The van der Waals surface area contributed by atoms with Crippen LogP contribution < -0.4 is 5.32 Å². The first-order valence-electron chi connectivity index (χ1n) is 6.95. The monoisotopic (exact) mass is 335 g/mol. The Hall–Kier alpha value is -1.75. The van der Waals surface area contributed by atoms with Crippen molar-refractivity contribution < 1.29 is 4.84 Å². The largest absolute Gasteiger partial charge is 0.352 e. The van der Waals surface area contributed by atoms with Crippen molar-refractivity contribution in [3.63, 3.8) is 0 Å². The van der Waals surface area contributed by atoms with Crippen molar-refractivity contribution in [1.82, 2.24) is 10.4 Å². The van der Waals surface area contributed by atoms with Crippen LogP contribution in [-0.4, -0.2) is 24.1 Å². The fraction of sp³-hybridized carbons (Fsp3) is 0.188. The van der Waals surface area contributed by atoms with Crippen molar-refractivity contribution in [2.45, 2.75) is 6.61 Å². The first-order valence-corrected chi connectivity index (χ1v) is 7.70. The minimum Gasteiger partial charge on any atom is -0.352 e. The number of guanidine groups is 1.